The zero-order valence-corrected chi connectivity index (χ0v) is 14.2. The number of hydrogen-bond donors (Lipinski definition) is 2. The number of furan rings is 1. The molecule has 0 saturated heterocycles. The molecule has 0 saturated carbocycles. The van der Waals surface area contributed by atoms with E-state index in [-0.39, 0.29) is 5.91 Å². The number of halogens is 1. The van der Waals surface area contributed by atoms with Crippen LogP contribution in [0.3, 0.4) is 0 Å². The van der Waals surface area contributed by atoms with Crippen molar-refractivity contribution in [3.63, 3.8) is 0 Å². The van der Waals surface area contributed by atoms with Crippen LogP contribution in [0.5, 0.6) is 0 Å². The third-order valence-electron chi connectivity index (χ3n) is 3.40. The summed E-state index contributed by atoms with van der Waals surface area (Å²) in [5.74, 6) is -0.253. The first-order chi connectivity index (χ1) is 12.6. The Labute approximate surface area is 154 Å². The van der Waals surface area contributed by atoms with E-state index in [0.29, 0.717) is 27.6 Å². The van der Waals surface area contributed by atoms with Crippen LogP contribution in [-0.4, -0.2) is 18.0 Å². The molecule has 2 amide bonds. The number of hydrogen-bond acceptors (Lipinski definition) is 4. The first kappa shape index (κ1) is 17.4. The van der Waals surface area contributed by atoms with Crippen molar-refractivity contribution in [2.24, 2.45) is 5.10 Å². The zero-order chi connectivity index (χ0) is 18.4. The van der Waals surface area contributed by atoms with Gasteiger partial charge in [-0.2, -0.15) is 5.10 Å². The third-order valence-corrected chi connectivity index (χ3v) is 3.73. The van der Waals surface area contributed by atoms with Gasteiger partial charge in [0.15, 0.2) is 0 Å². The number of anilines is 1. The van der Waals surface area contributed by atoms with Gasteiger partial charge in [0, 0.05) is 11.3 Å². The molecule has 1 aromatic heterocycles. The number of carbonyl (C=O) groups excluding carboxylic acids is 2. The Kier molecular flexibility index (Phi) is 5.46. The maximum absolute atomic E-state index is 12.3. The molecular weight excluding hydrogens is 354 g/mol. The fourth-order valence-electron chi connectivity index (χ4n) is 2.17. The topological polar surface area (TPSA) is 83.7 Å². The Bertz CT molecular complexity index is 952. The van der Waals surface area contributed by atoms with E-state index >= 15 is 0 Å². The van der Waals surface area contributed by atoms with Gasteiger partial charge in [-0.3, -0.25) is 9.59 Å². The normalized spacial score (nSPS) is 10.7. The lowest BCUT2D eigenvalue weighted by Crippen LogP contribution is -2.18. The third kappa shape index (κ3) is 4.37. The Morgan fingerprint density at radius 2 is 1.85 bits per heavy atom. The van der Waals surface area contributed by atoms with Crippen molar-refractivity contribution in [1.82, 2.24) is 5.43 Å². The number of benzene rings is 2. The van der Waals surface area contributed by atoms with Gasteiger partial charge in [0.05, 0.1) is 23.1 Å². The van der Waals surface area contributed by atoms with Crippen molar-refractivity contribution < 1.29 is 14.0 Å². The van der Waals surface area contributed by atoms with E-state index in [1.807, 2.05) is 0 Å². The first-order valence-corrected chi connectivity index (χ1v) is 8.04. The van der Waals surface area contributed by atoms with Gasteiger partial charge in [-0.1, -0.05) is 29.8 Å². The molecule has 0 aliphatic carbocycles. The van der Waals surface area contributed by atoms with Crippen LogP contribution in [0.4, 0.5) is 5.69 Å². The molecule has 26 heavy (non-hydrogen) atoms. The number of carbonyl (C=O) groups is 2. The van der Waals surface area contributed by atoms with Crippen molar-refractivity contribution in [2.75, 3.05) is 5.32 Å². The van der Waals surface area contributed by atoms with Gasteiger partial charge in [0.2, 0.25) is 0 Å². The lowest BCUT2D eigenvalue weighted by Gasteiger charge is -2.08. The predicted molar refractivity (Wildman–Crippen MR) is 99.6 cm³/mol. The molecule has 0 radical (unpaired) electrons. The molecule has 2 N–H and O–H groups in total. The molecule has 6 nitrogen and oxygen atoms in total. The van der Waals surface area contributed by atoms with E-state index in [1.54, 1.807) is 60.7 Å². The second-order valence-electron chi connectivity index (χ2n) is 5.23. The minimum Gasteiger partial charge on any atom is -0.463 e. The maximum atomic E-state index is 12.3. The second-order valence-corrected chi connectivity index (χ2v) is 5.64. The fourth-order valence-corrected chi connectivity index (χ4v) is 2.39. The van der Waals surface area contributed by atoms with Crippen molar-refractivity contribution in [2.45, 2.75) is 0 Å². The molecule has 0 bridgehead atoms. The standard InChI is InChI=1S/C19H14ClN3O3/c20-17-9-2-1-8-16(17)19(25)22-14-6-3-5-13(11-14)18(24)23-21-12-15-7-4-10-26-15/h1-12H,(H,22,25)(H,23,24)/b21-12-. The summed E-state index contributed by atoms with van der Waals surface area (Å²) in [5, 5.41) is 6.89. The van der Waals surface area contributed by atoms with Gasteiger partial charge >= 0.3 is 0 Å². The average molecular weight is 368 g/mol. The molecule has 130 valence electrons. The summed E-state index contributed by atoms with van der Waals surface area (Å²) in [4.78, 5) is 24.4. The predicted octanol–water partition coefficient (Wildman–Crippen LogP) is 3.95. The van der Waals surface area contributed by atoms with Crippen molar-refractivity contribution in [3.05, 3.63) is 88.8 Å². The van der Waals surface area contributed by atoms with Gasteiger partial charge in [0.1, 0.15) is 5.76 Å². The Morgan fingerprint density at radius 3 is 2.62 bits per heavy atom. The molecule has 1 heterocycles. The molecular formula is C19H14ClN3O3. The highest BCUT2D eigenvalue weighted by molar-refractivity contribution is 6.34. The number of hydrazone groups is 1. The first-order valence-electron chi connectivity index (χ1n) is 7.66. The van der Waals surface area contributed by atoms with Gasteiger partial charge in [-0.25, -0.2) is 5.43 Å². The average Bonchev–Trinajstić information content (AvgIpc) is 3.15. The SMILES string of the molecule is O=C(N/N=C\c1ccco1)c1cccc(NC(=O)c2ccccc2Cl)c1. The number of nitrogens with zero attached hydrogens (tertiary/aromatic N) is 1. The second kappa shape index (κ2) is 8.13. The van der Waals surface area contributed by atoms with Gasteiger partial charge in [-0.15, -0.1) is 0 Å². The minimum absolute atomic E-state index is 0.346. The monoisotopic (exact) mass is 367 g/mol. The molecule has 0 spiro atoms. The molecule has 0 atom stereocenters. The summed E-state index contributed by atoms with van der Waals surface area (Å²) in [7, 11) is 0. The summed E-state index contributed by atoms with van der Waals surface area (Å²) in [6.07, 6.45) is 2.90. The Hall–Kier alpha value is -3.38. The quantitative estimate of drug-likeness (QED) is 0.529. The Balaban J connectivity index is 1.67. The number of rotatable bonds is 5. The molecule has 7 heteroatoms. The minimum atomic E-state index is -0.415. The number of amides is 2. The number of nitrogens with one attached hydrogen (secondary N) is 2. The van der Waals surface area contributed by atoms with Crippen molar-refractivity contribution >= 4 is 35.3 Å². The van der Waals surface area contributed by atoms with Crippen LogP contribution in [0.2, 0.25) is 5.02 Å². The van der Waals surface area contributed by atoms with Crippen molar-refractivity contribution in [1.29, 1.82) is 0 Å². The Morgan fingerprint density at radius 1 is 1.00 bits per heavy atom. The summed E-state index contributed by atoms with van der Waals surface area (Å²) in [5.41, 5.74) is 3.56. The fraction of sp³-hybridized carbons (Fsp3) is 0. The van der Waals surface area contributed by atoms with Gasteiger partial charge in [0.25, 0.3) is 11.8 Å². The summed E-state index contributed by atoms with van der Waals surface area (Å²) >= 11 is 6.02. The van der Waals surface area contributed by atoms with Crippen LogP contribution in [-0.2, 0) is 0 Å². The van der Waals surface area contributed by atoms with Crippen molar-refractivity contribution in [3.8, 4) is 0 Å². The molecule has 0 aliphatic rings. The van der Waals surface area contributed by atoms with Crippen LogP contribution in [0.15, 0.2) is 76.4 Å². The van der Waals surface area contributed by atoms with E-state index < -0.39 is 5.91 Å². The maximum Gasteiger partial charge on any atom is 0.271 e. The molecule has 2 aromatic carbocycles. The summed E-state index contributed by atoms with van der Waals surface area (Å²) < 4.78 is 5.08. The van der Waals surface area contributed by atoms with E-state index in [1.165, 1.54) is 12.5 Å². The molecule has 3 aromatic rings. The van der Waals surface area contributed by atoms with Crippen LogP contribution in [0.25, 0.3) is 0 Å². The zero-order valence-electron chi connectivity index (χ0n) is 13.5. The molecule has 0 fully saturated rings. The highest BCUT2D eigenvalue weighted by Gasteiger charge is 2.11. The van der Waals surface area contributed by atoms with Gasteiger partial charge in [-0.05, 0) is 42.5 Å². The highest BCUT2D eigenvalue weighted by Crippen LogP contribution is 2.18. The molecule has 3 rings (SSSR count). The largest absolute Gasteiger partial charge is 0.463 e. The van der Waals surface area contributed by atoms with E-state index in [0.717, 1.165) is 0 Å². The molecule has 0 unspecified atom stereocenters. The van der Waals surface area contributed by atoms with E-state index in [2.05, 4.69) is 15.8 Å². The van der Waals surface area contributed by atoms with Crippen LogP contribution < -0.4 is 10.7 Å². The smallest absolute Gasteiger partial charge is 0.271 e. The highest BCUT2D eigenvalue weighted by atomic mass is 35.5. The van der Waals surface area contributed by atoms with Crippen LogP contribution in [0.1, 0.15) is 26.5 Å². The van der Waals surface area contributed by atoms with Crippen LogP contribution >= 0.6 is 11.6 Å². The lowest BCUT2D eigenvalue weighted by atomic mass is 10.1. The summed E-state index contributed by atoms with van der Waals surface area (Å²) in [6.45, 7) is 0. The van der Waals surface area contributed by atoms with E-state index in [9.17, 15) is 9.59 Å². The van der Waals surface area contributed by atoms with E-state index in [4.69, 9.17) is 16.0 Å². The summed E-state index contributed by atoms with van der Waals surface area (Å²) in [6, 6.07) is 16.7. The van der Waals surface area contributed by atoms with Gasteiger partial charge < -0.3 is 9.73 Å². The van der Waals surface area contributed by atoms with Crippen LogP contribution in [0, 0.1) is 0 Å². The lowest BCUT2D eigenvalue weighted by molar-refractivity contribution is 0.0953. The molecule has 0 aliphatic heterocycles.